The maximum absolute atomic E-state index is 12.6. The summed E-state index contributed by atoms with van der Waals surface area (Å²) in [4.78, 5) is 24.4. The fraction of sp³-hybridized carbons (Fsp3) is 0.238. The van der Waals surface area contributed by atoms with Crippen LogP contribution in [0.4, 0.5) is 5.82 Å². The van der Waals surface area contributed by atoms with Gasteiger partial charge in [-0.15, -0.1) is 0 Å². The molecule has 146 valence electrons. The second-order valence-corrected chi connectivity index (χ2v) is 7.08. The fourth-order valence-electron chi connectivity index (χ4n) is 3.57. The number of pyridine rings is 2. The Kier molecular flexibility index (Phi) is 4.53. The maximum atomic E-state index is 12.6. The predicted molar refractivity (Wildman–Crippen MR) is 109 cm³/mol. The van der Waals surface area contributed by atoms with Crippen LogP contribution in [0.5, 0.6) is 0 Å². The largest absolute Gasteiger partial charge is 0.381 e. The van der Waals surface area contributed by atoms with Gasteiger partial charge in [0.1, 0.15) is 5.82 Å². The topological polar surface area (TPSA) is 97.7 Å². The average Bonchev–Trinajstić information content (AvgIpc) is 3.42. The van der Waals surface area contributed by atoms with Crippen LogP contribution in [0.15, 0.2) is 55.2 Å². The van der Waals surface area contributed by atoms with Gasteiger partial charge in [0, 0.05) is 60.7 Å². The molecular formula is C21H20N6O2. The minimum atomic E-state index is -0.226. The number of hydrogen-bond donors (Lipinski definition) is 2. The van der Waals surface area contributed by atoms with Crippen molar-refractivity contribution in [1.82, 2.24) is 24.7 Å². The normalized spacial score (nSPS) is 14.9. The lowest BCUT2D eigenvalue weighted by molar-refractivity contribution is 0.0662. The van der Waals surface area contributed by atoms with Gasteiger partial charge in [-0.3, -0.25) is 14.5 Å². The van der Waals surface area contributed by atoms with Crippen molar-refractivity contribution in [2.75, 3.05) is 18.5 Å². The molecule has 0 bridgehead atoms. The Morgan fingerprint density at radius 2 is 2.00 bits per heavy atom. The first kappa shape index (κ1) is 17.6. The van der Waals surface area contributed by atoms with E-state index in [0.717, 1.165) is 48.2 Å². The first-order valence-electron chi connectivity index (χ1n) is 9.59. The van der Waals surface area contributed by atoms with Gasteiger partial charge in [0.2, 0.25) is 0 Å². The highest BCUT2D eigenvalue weighted by Crippen LogP contribution is 2.25. The van der Waals surface area contributed by atoms with Crippen molar-refractivity contribution in [2.24, 2.45) is 0 Å². The average molecular weight is 388 g/mol. The molecule has 0 aromatic carbocycles. The third-order valence-electron chi connectivity index (χ3n) is 5.17. The lowest BCUT2D eigenvalue weighted by Gasteiger charge is -2.22. The monoisotopic (exact) mass is 388 g/mol. The van der Waals surface area contributed by atoms with Gasteiger partial charge in [-0.1, -0.05) is 0 Å². The van der Waals surface area contributed by atoms with Crippen LogP contribution in [0.25, 0.3) is 22.2 Å². The number of H-pyrrole nitrogens is 1. The predicted octanol–water partition coefficient (Wildman–Crippen LogP) is 3.43. The van der Waals surface area contributed by atoms with E-state index in [2.05, 4.69) is 25.4 Å². The maximum Gasteiger partial charge on any atom is 0.260 e. The van der Waals surface area contributed by atoms with Crippen LogP contribution in [0.2, 0.25) is 0 Å². The molecule has 0 unspecified atom stereocenters. The molecule has 0 radical (unpaired) electrons. The van der Waals surface area contributed by atoms with Crippen molar-refractivity contribution in [3.05, 3.63) is 60.8 Å². The molecule has 1 saturated heterocycles. The molecule has 0 spiro atoms. The summed E-state index contributed by atoms with van der Waals surface area (Å²) in [5.74, 6) is 0.264. The number of ether oxygens (including phenoxy) is 1. The zero-order valence-corrected chi connectivity index (χ0v) is 15.7. The number of carbonyl (C=O) groups is 1. The molecule has 1 amide bonds. The van der Waals surface area contributed by atoms with Gasteiger partial charge in [0.05, 0.1) is 23.3 Å². The number of fused-ring (bicyclic) bond motifs is 1. The molecule has 5 heterocycles. The number of nitrogens with zero attached hydrogens (tertiary/aromatic N) is 4. The third-order valence-corrected chi connectivity index (χ3v) is 5.17. The first-order valence-corrected chi connectivity index (χ1v) is 9.59. The van der Waals surface area contributed by atoms with E-state index >= 15 is 0 Å². The third kappa shape index (κ3) is 3.62. The van der Waals surface area contributed by atoms with Crippen LogP contribution >= 0.6 is 0 Å². The van der Waals surface area contributed by atoms with Crippen molar-refractivity contribution >= 4 is 22.6 Å². The summed E-state index contributed by atoms with van der Waals surface area (Å²) in [5.41, 5.74) is 3.44. The minimum Gasteiger partial charge on any atom is -0.381 e. The summed E-state index contributed by atoms with van der Waals surface area (Å²) < 4.78 is 7.25. The molecule has 0 saturated carbocycles. The number of carbonyl (C=O) groups excluding carboxylic acids is 1. The summed E-state index contributed by atoms with van der Waals surface area (Å²) in [6.45, 7) is 1.46. The number of hydrogen-bond acceptors (Lipinski definition) is 5. The zero-order valence-electron chi connectivity index (χ0n) is 15.7. The van der Waals surface area contributed by atoms with E-state index < -0.39 is 0 Å². The highest BCUT2D eigenvalue weighted by Gasteiger charge is 2.18. The smallest absolute Gasteiger partial charge is 0.260 e. The molecule has 29 heavy (non-hydrogen) atoms. The number of aromatic amines is 1. The highest BCUT2D eigenvalue weighted by molar-refractivity contribution is 6.04. The molecule has 8 heteroatoms. The fourth-order valence-corrected chi connectivity index (χ4v) is 3.57. The van der Waals surface area contributed by atoms with E-state index in [1.807, 2.05) is 28.9 Å². The Hall–Kier alpha value is -3.52. The van der Waals surface area contributed by atoms with Crippen molar-refractivity contribution in [3.63, 3.8) is 0 Å². The van der Waals surface area contributed by atoms with Gasteiger partial charge in [0.25, 0.3) is 5.91 Å². The number of rotatable bonds is 4. The molecule has 8 nitrogen and oxygen atoms in total. The highest BCUT2D eigenvalue weighted by atomic mass is 16.5. The molecular weight excluding hydrogens is 368 g/mol. The Labute approximate surface area is 166 Å². The van der Waals surface area contributed by atoms with Gasteiger partial charge in [-0.25, -0.2) is 4.98 Å². The van der Waals surface area contributed by atoms with Gasteiger partial charge in [-0.05, 0) is 31.0 Å². The SMILES string of the molecule is O=C(Nc1cc2[nH]c(-c3ccncc3)cc2cn1)c1cnn(C2CCOCC2)c1. The van der Waals surface area contributed by atoms with Crippen LogP contribution in [0.1, 0.15) is 29.2 Å². The van der Waals surface area contributed by atoms with Gasteiger partial charge >= 0.3 is 0 Å². The van der Waals surface area contributed by atoms with Crippen LogP contribution in [0, 0.1) is 0 Å². The summed E-state index contributed by atoms with van der Waals surface area (Å²) in [6.07, 6.45) is 10.5. The number of nitrogens with one attached hydrogen (secondary N) is 2. The van der Waals surface area contributed by atoms with Crippen LogP contribution in [-0.4, -0.2) is 43.9 Å². The van der Waals surface area contributed by atoms with Crippen LogP contribution in [-0.2, 0) is 4.74 Å². The Morgan fingerprint density at radius 1 is 1.17 bits per heavy atom. The van der Waals surface area contributed by atoms with E-state index in [9.17, 15) is 4.79 Å². The molecule has 1 aliphatic rings. The van der Waals surface area contributed by atoms with E-state index in [4.69, 9.17) is 4.74 Å². The van der Waals surface area contributed by atoms with Gasteiger partial charge < -0.3 is 15.0 Å². The molecule has 2 N–H and O–H groups in total. The van der Waals surface area contributed by atoms with Crippen molar-refractivity contribution < 1.29 is 9.53 Å². The summed E-state index contributed by atoms with van der Waals surface area (Å²) >= 11 is 0. The molecule has 0 atom stereocenters. The Balaban J connectivity index is 1.33. The van der Waals surface area contributed by atoms with Gasteiger partial charge in [0.15, 0.2) is 0 Å². The molecule has 1 aliphatic heterocycles. The zero-order chi connectivity index (χ0) is 19.6. The number of aromatic nitrogens is 5. The number of anilines is 1. The van der Waals surface area contributed by atoms with Crippen molar-refractivity contribution in [3.8, 4) is 11.3 Å². The molecule has 4 aromatic rings. The second-order valence-electron chi connectivity index (χ2n) is 7.08. The quantitative estimate of drug-likeness (QED) is 0.558. The van der Waals surface area contributed by atoms with E-state index in [-0.39, 0.29) is 11.9 Å². The van der Waals surface area contributed by atoms with E-state index in [1.165, 1.54) is 0 Å². The molecule has 4 aromatic heterocycles. The van der Waals surface area contributed by atoms with Crippen molar-refractivity contribution in [2.45, 2.75) is 18.9 Å². The van der Waals surface area contributed by atoms with Crippen LogP contribution in [0.3, 0.4) is 0 Å². The summed E-state index contributed by atoms with van der Waals surface area (Å²) in [5, 5.41) is 8.19. The van der Waals surface area contributed by atoms with Crippen molar-refractivity contribution in [1.29, 1.82) is 0 Å². The minimum absolute atomic E-state index is 0.226. The molecule has 1 fully saturated rings. The lowest BCUT2D eigenvalue weighted by atomic mass is 10.1. The second kappa shape index (κ2) is 7.48. The standard InChI is InChI=1S/C21H20N6O2/c28-21(16-12-24-27(13-16)17-3-7-29-8-4-17)26-20-10-19-15(11-23-20)9-18(25-19)14-1-5-22-6-2-14/h1-2,5-6,9-13,17,25H,3-4,7-8H2,(H,23,26,28). The summed E-state index contributed by atoms with van der Waals surface area (Å²) in [6, 6.07) is 8.03. The first-order chi connectivity index (χ1) is 14.3. The van der Waals surface area contributed by atoms with Gasteiger partial charge in [-0.2, -0.15) is 5.10 Å². The van der Waals surface area contributed by atoms with E-state index in [0.29, 0.717) is 11.4 Å². The summed E-state index contributed by atoms with van der Waals surface area (Å²) in [7, 11) is 0. The lowest BCUT2D eigenvalue weighted by Crippen LogP contribution is -2.20. The molecule has 0 aliphatic carbocycles. The Morgan fingerprint density at radius 3 is 2.83 bits per heavy atom. The van der Waals surface area contributed by atoms with E-state index in [1.54, 1.807) is 31.0 Å². The number of amides is 1. The Bertz CT molecular complexity index is 1140. The molecule has 5 rings (SSSR count). The van der Waals surface area contributed by atoms with Crippen LogP contribution < -0.4 is 5.32 Å².